The maximum Gasteiger partial charge on any atom is 0.0991 e. The van der Waals surface area contributed by atoms with Gasteiger partial charge in [-0.25, -0.2) is 4.98 Å². The quantitative estimate of drug-likeness (QED) is 0.848. The highest BCUT2D eigenvalue weighted by molar-refractivity contribution is 5.34. The van der Waals surface area contributed by atoms with Crippen LogP contribution in [0, 0.1) is 5.41 Å². The fourth-order valence-electron chi connectivity index (χ4n) is 3.60. The molecule has 1 aliphatic heterocycles. The maximum atomic E-state index is 4.09. The highest BCUT2D eigenvalue weighted by atomic mass is 15.2. The molecule has 1 fully saturated rings. The Morgan fingerprint density at radius 3 is 2.64 bits per heavy atom. The molecule has 2 aromatic rings. The lowest BCUT2D eigenvalue weighted by Crippen LogP contribution is -2.35. The molecule has 1 aromatic carbocycles. The van der Waals surface area contributed by atoms with E-state index >= 15 is 0 Å². The molecule has 3 rings (SSSR count). The predicted molar refractivity (Wildman–Crippen MR) is 90.1 cm³/mol. The van der Waals surface area contributed by atoms with E-state index in [-0.39, 0.29) is 0 Å². The van der Waals surface area contributed by atoms with Crippen LogP contribution in [0.5, 0.6) is 0 Å². The van der Waals surface area contributed by atoms with Crippen molar-refractivity contribution >= 4 is 0 Å². The van der Waals surface area contributed by atoms with Gasteiger partial charge in [0, 0.05) is 37.7 Å². The second kappa shape index (κ2) is 6.23. The molecule has 0 saturated carbocycles. The summed E-state index contributed by atoms with van der Waals surface area (Å²) in [4.78, 5) is 8.98. The van der Waals surface area contributed by atoms with Crippen molar-refractivity contribution in [2.24, 2.45) is 5.41 Å². The first-order valence-electron chi connectivity index (χ1n) is 7.98. The molecular formula is C18H26N4. The number of benzene rings is 1. The first-order chi connectivity index (χ1) is 10.5. The summed E-state index contributed by atoms with van der Waals surface area (Å²) in [5.74, 6) is 0. The monoisotopic (exact) mass is 298 g/mol. The molecule has 0 spiro atoms. The van der Waals surface area contributed by atoms with Crippen molar-refractivity contribution in [3.63, 3.8) is 0 Å². The minimum absolute atomic E-state index is 0.431. The zero-order chi connectivity index (χ0) is 15.6. The summed E-state index contributed by atoms with van der Waals surface area (Å²) in [6.45, 7) is 7.00. The molecule has 1 aliphatic rings. The van der Waals surface area contributed by atoms with Gasteiger partial charge < -0.3 is 14.4 Å². The number of rotatable bonds is 5. The molecule has 118 valence electrons. The molecule has 2 heterocycles. The minimum atomic E-state index is 0.431. The van der Waals surface area contributed by atoms with Crippen LogP contribution in [0.1, 0.15) is 18.9 Å². The second-order valence-electron chi connectivity index (χ2n) is 7.11. The zero-order valence-electron chi connectivity index (χ0n) is 13.9. The van der Waals surface area contributed by atoms with Crippen LogP contribution in [0.2, 0.25) is 0 Å². The standard InChI is InChI=1S/C18H26N4/c1-18(8-10-20(2)13-18)14-21(3)12-16-4-6-17(7-5-16)22-11-9-19-15-22/h4-7,9,11,15H,8,10,12-14H2,1-3H3/t18-/m1/s1. The number of hydrogen-bond acceptors (Lipinski definition) is 3. The van der Waals surface area contributed by atoms with Gasteiger partial charge >= 0.3 is 0 Å². The Balaban J connectivity index is 1.58. The lowest BCUT2D eigenvalue weighted by molar-refractivity contribution is 0.190. The van der Waals surface area contributed by atoms with Crippen LogP contribution in [-0.4, -0.2) is 53.1 Å². The molecule has 22 heavy (non-hydrogen) atoms. The van der Waals surface area contributed by atoms with Crippen LogP contribution in [0.15, 0.2) is 43.0 Å². The molecule has 0 radical (unpaired) electrons. The number of nitrogens with zero attached hydrogens (tertiary/aromatic N) is 4. The Kier molecular flexibility index (Phi) is 4.32. The molecule has 0 unspecified atom stereocenters. The van der Waals surface area contributed by atoms with Crippen LogP contribution in [0.3, 0.4) is 0 Å². The summed E-state index contributed by atoms with van der Waals surface area (Å²) in [7, 11) is 4.45. The number of likely N-dealkylation sites (tertiary alicyclic amines) is 1. The Morgan fingerprint density at radius 2 is 2.05 bits per heavy atom. The Hall–Kier alpha value is -1.65. The van der Waals surface area contributed by atoms with Gasteiger partial charge in [-0.15, -0.1) is 0 Å². The van der Waals surface area contributed by atoms with Gasteiger partial charge in [0.2, 0.25) is 0 Å². The highest BCUT2D eigenvalue weighted by Crippen LogP contribution is 2.29. The van der Waals surface area contributed by atoms with Crippen LogP contribution in [0.4, 0.5) is 0 Å². The number of imidazole rings is 1. The van der Waals surface area contributed by atoms with Crippen LogP contribution < -0.4 is 0 Å². The predicted octanol–water partition coefficient (Wildman–Crippen LogP) is 2.65. The molecule has 4 heteroatoms. The Labute approximate surface area is 133 Å². The minimum Gasteiger partial charge on any atom is -0.306 e. The molecular weight excluding hydrogens is 272 g/mol. The SMILES string of the molecule is CN1CC[C@@](C)(CN(C)Cc2ccc(-n3ccnc3)cc2)C1. The molecule has 0 N–H and O–H groups in total. The van der Waals surface area contributed by atoms with E-state index in [4.69, 9.17) is 0 Å². The van der Waals surface area contributed by atoms with E-state index in [0.29, 0.717) is 5.41 Å². The van der Waals surface area contributed by atoms with Crippen molar-refractivity contribution in [1.29, 1.82) is 0 Å². The largest absolute Gasteiger partial charge is 0.306 e. The van der Waals surface area contributed by atoms with Crippen molar-refractivity contribution in [2.45, 2.75) is 19.9 Å². The van der Waals surface area contributed by atoms with Gasteiger partial charge in [-0.05, 0) is 50.2 Å². The summed E-state index contributed by atoms with van der Waals surface area (Å²) < 4.78 is 2.03. The maximum absolute atomic E-state index is 4.09. The van der Waals surface area contributed by atoms with E-state index in [1.165, 1.54) is 25.1 Å². The van der Waals surface area contributed by atoms with Gasteiger partial charge in [0.15, 0.2) is 0 Å². The van der Waals surface area contributed by atoms with Crippen molar-refractivity contribution < 1.29 is 0 Å². The van der Waals surface area contributed by atoms with Crippen molar-refractivity contribution in [1.82, 2.24) is 19.4 Å². The molecule has 1 aromatic heterocycles. The van der Waals surface area contributed by atoms with Gasteiger partial charge in [-0.2, -0.15) is 0 Å². The third kappa shape index (κ3) is 3.57. The molecule has 4 nitrogen and oxygen atoms in total. The van der Waals surface area contributed by atoms with Gasteiger partial charge in [0.1, 0.15) is 0 Å². The van der Waals surface area contributed by atoms with E-state index in [1.807, 2.05) is 17.1 Å². The van der Waals surface area contributed by atoms with Crippen LogP contribution in [0.25, 0.3) is 5.69 Å². The van der Waals surface area contributed by atoms with Crippen molar-refractivity contribution in [3.05, 3.63) is 48.5 Å². The van der Waals surface area contributed by atoms with Crippen LogP contribution >= 0.6 is 0 Å². The first kappa shape index (κ1) is 15.3. The topological polar surface area (TPSA) is 24.3 Å². The second-order valence-corrected chi connectivity index (χ2v) is 7.11. The highest BCUT2D eigenvalue weighted by Gasteiger charge is 2.32. The van der Waals surface area contributed by atoms with E-state index in [2.05, 4.69) is 60.1 Å². The summed E-state index contributed by atoms with van der Waals surface area (Å²) in [5.41, 5.74) is 2.95. The van der Waals surface area contributed by atoms with Crippen molar-refractivity contribution in [3.8, 4) is 5.69 Å². The Morgan fingerprint density at radius 1 is 1.27 bits per heavy atom. The molecule has 0 aliphatic carbocycles. The molecule has 1 atom stereocenters. The zero-order valence-corrected chi connectivity index (χ0v) is 13.9. The lowest BCUT2D eigenvalue weighted by atomic mass is 9.89. The summed E-state index contributed by atoms with van der Waals surface area (Å²) in [6.07, 6.45) is 6.91. The van der Waals surface area contributed by atoms with Gasteiger partial charge in [-0.1, -0.05) is 19.1 Å². The van der Waals surface area contributed by atoms with E-state index < -0.39 is 0 Å². The summed E-state index contributed by atoms with van der Waals surface area (Å²) in [6, 6.07) is 8.76. The molecule has 0 amide bonds. The number of hydrogen-bond donors (Lipinski definition) is 0. The van der Waals surface area contributed by atoms with Gasteiger partial charge in [0.05, 0.1) is 6.33 Å². The fraction of sp³-hybridized carbons (Fsp3) is 0.500. The third-order valence-corrected chi connectivity index (χ3v) is 4.59. The van der Waals surface area contributed by atoms with E-state index in [1.54, 1.807) is 6.20 Å². The average Bonchev–Trinajstić information content (AvgIpc) is 3.10. The van der Waals surface area contributed by atoms with Gasteiger partial charge in [-0.3, -0.25) is 0 Å². The summed E-state index contributed by atoms with van der Waals surface area (Å²) >= 11 is 0. The van der Waals surface area contributed by atoms with Gasteiger partial charge in [0.25, 0.3) is 0 Å². The third-order valence-electron chi connectivity index (χ3n) is 4.59. The van der Waals surface area contributed by atoms with Crippen LogP contribution in [-0.2, 0) is 6.54 Å². The Bertz CT molecular complexity index is 590. The molecule has 0 bridgehead atoms. The van der Waals surface area contributed by atoms with Crippen molar-refractivity contribution in [2.75, 3.05) is 33.7 Å². The van der Waals surface area contributed by atoms with E-state index in [9.17, 15) is 0 Å². The number of aromatic nitrogens is 2. The molecule has 1 saturated heterocycles. The van der Waals surface area contributed by atoms with E-state index in [0.717, 1.165) is 18.8 Å². The lowest BCUT2D eigenvalue weighted by Gasteiger charge is -2.30. The average molecular weight is 298 g/mol. The summed E-state index contributed by atoms with van der Waals surface area (Å²) in [5, 5.41) is 0. The fourth-order valence-corrected chi connectivity index (χ4v) is 3.60. The normalized spacial score (nSPS) is 22.5. The first-order valence-corrected chi connectivity index (χ1v) is 7.98. The smallest absolute Gasteiger partial charge is 0.0991 e.